The first-order chi connectivity index (χ1) is 27.5. The van der Waals surface area contributed by atoms with Gasteiger partial charge in [0.15, 0.2) is 23.3 Å². The van der Waals surface area contributed by atoms with E-state index in [1.807, 2.05) is 72.8 Å². The highest BCUT2D eigenvalue weighted by Crippen LogP contribution is 2.40. The molecule has 56 heavy (non-hydrogen) atoms. The molecule has 12 nitrogen and oxygen atoms in total. The molecule has 3 aromatic heterocycles. The highest BCUT2D eigenvalue weighted by Gasteiger charge is 2.24. The van der Waals surface area contributed by atoms with Crippen molar-refractivity contribution in [3.63, 3.8) is 0 Å². The average Bonchev–Trinajstić information content (AvgIpc) is 3.95. The van der Waals surface area contributed by atoms with Gasteiger partial charge in [0.25, 0.3) is 0 Å². The monoisotopic (exact) mass is 738 g/mol. The van der Waals surface area contributed by atoms with Crippen LogP contribution in [0.5, 0.6) is 23.0 Å². The molecule has 0 atom stereocenters. The summed E-state index contributed by atoms with van der Waals surface area (Å²) in [4.78, 5) is 37.5. The zero-order valence-corrected chi connectivity index (χ0v) is 30.2. The first-order valence-electron chi connectivity index (χ1n) is 17.9. The SMILES string of the molecule is C=CCOc1ccc2c(c1)-c1nc-2nc2[nH]c(nc3nc(nc4[nH]c(n1)c1ccc(OCC=C)cc41)-c1cc(OCC=C)ccc1-3)c1ccc(OCC=C)cc21. The Morgan fingerprint density at radius 2 is 0.696 bits per heavy atom. The zero-order valence-electron chi connectivity index (χ0n) is 30.2. The van der Waals surface area contributed by atoms with Gasteiger partial charge in [-0.25, -0.2) is 29.9 Å². The second-order valence-corrected chi connectivity index (χ2v) is 12.8. The van der Waals surface area contributed by atoms with Crippen LogP contribution >= 0.6 is 0 Å². The van der Waals surface area contributed by atoms with E-state index in [-0.39, 0.29) is 0 Å². The van der Waals surface area contributed by atoms with Crippen molar-refractivity contribution in [1.29, 1.82) is 0 Å². The number of H-pyrrole nitrogens is 2. The molecule has 9 rings (SSSR count). The van der Waals surface area contributed by atoms with Gasteiger partial charge in [0.2, 0.25) is 0 Å². The van der Waals surface area contributed by atoms with E-state index >= 15 is 0 Å². The van der Waals surface area contributed by atoms with Crippen molar-refractivity contribution in [3.05, 3.63) is 123 Å². The number of aromatic nitrogens is 8. The Bertz CT molecular complexity index is 2930. The summed E-state index contributed by atoms with van der Waals surface area (Å²) in [5, 5.41) is 3.17. The quantitative estimate of drug-likeness (QED) is 0.116. The Labute approximate surface area is 320 Å². The molecule has 0 fully saturated rings. The molecule has 0 saturated carbocycles. The Morgan fingerprint density at radius 3 is 1.07 bits per heavy atom. The molecule has 2 aliphatic heterocycles. The lowest BCUT2D eigenvalue weighted by Gasteiger charge is -2.05. The lowest BCUT2D eigenvalue weighted by molar-refractivity contribution is 0.363. The minimum absolute atomic E-state index is 0.343. The molecule has 2 aliphatic rings. The van der Waals surface area contributed by atoms with E-state index in [0.717, 1.165) is 43.8 Å². The van der Waals surface area contributed by atoms with Gasteiger partial charge in [0.1, 0.15) is 72.0 Å². The van der Waals surface area contributed by atoms with Crippen LogP contribution in [0.2, 0.25) is 0 Å². The second kappa shape index (κ2) is 14.3. The summed E-state index contributed by atoms with van der Waals surface area (Å²) in [5.74, 6) is 4.39. The molecule has 2 N–H and O–H groups in total. The van der Waals surface area contributed by atoms with Crippen LogP contribution in [0, 0.1) is 0 Å². The van der Waals surface area contributed by atoms with Crippen molar-refractivity contribution in [1.82, 2.24) is 39.9 Å². The third-order valence-corrected chi connectivity index (χ3v) is 9.19. The first kappa shape index (κ1) is 34.2. The number of ether oxygens (including phenoxy) is 4. The maximum atomic E-state index is 5.94. The highest BCUT2D eigenvalue weighted by molar-refractivity contribution is 6.07. The van der Waals surface area contributed by atoms with Crippen LogP contribution in [0.25, 0.3) is 89.7 Å². The number of aromatic amines is 2. The fraction of sp³-hybridized carbons (Fsp3) is 0.0909. The maximum absolute atomic E-state index is 5.94. The molecule has 0 aliphatic carbocycles. The van der Waals surface area contributed by atoms with E-state index in [1.165, 1.54) is 0 Å². The Morgan fingerprint density at radius 1 is 0.375 bits per heavy atom. The number of nitrogens with one attached hydrogen (secondary N) is 2. The molecule has 4 aromatic carbocycles. The van der Waals surface area contributed by atoms with Crippen LogP contribution in [0.15, 0.2) is 123 Å². The third-order valence-electron chi connectivity index (χ3n) is 9.19. The molecule has 0 spiro atoms. The van der Waals surface area contributed by atoms with Crippen molar-refractivity contribution < 1.29 is 18.9 Å². The van der Waals surface area contributed by atoms with Crippen molar-refractivity contribution in [2.24, 2.45) is 0 Å². The molecule has 8 bridgehead atoms. The summed E-state index contributed by atoms with van der Waals surface area (Å²) in [6.45, 7) is 16.6. The van der Waals surface area contributed by atoms with E-state index in [4.69, 9.17) is 48.9 Å². The van der Waals surface area contributed by atoms with Gasteiger partial charge < -0.3 is 28.9 Å². The number of hydrogen-bond donors (Lipinski definition) is 2. The first-order valence-corrected chi connectivity index (χ1v) is 17.9. The summed E-state index contributed by atoms with van der Waals surface area (Å²) < 4.78 is 23.7. The predicted molar refractivity (Wildman–Crippen MR) is 219 cm³/mol. The van der Waals surface area contributed by atoms with E-state index < -0.39 is 0 Å². The standard InChI is InChI=1S/C44H34N8O4/c1-5-17-53-25-9-13-29-33(21-25)41-46-37(29)45-38-30-14-10-27(55-19-7-3)23-35(30)43(47-38)52-44-36-24-28(56-20-8-4)12-16-32(36)40(51-44)50-42-34-22-26(54-18-6-2)11-15-31(34)39(48-41)49-42/h5-16,21-24H,1-4,17-20H2,(H2,45,46,47,48,49,50,51,52). The molecule has 0 amide bonds. The maximum Gasteiger partial charge on any atom is 0.164 e. The minimum atomic E-state index is 0.343. The average molecular weight is 739 g/mol. The van der Waals surface area contributed by atoms with Crippen molar-refractivity contribution in [2.75, 3.05) is 26.4 Å². The van der Waals surface area contributed by atoms with Gasteiger partial charge in [-0.05, 0) is 72.8 Å². The van der Waals surface area contributed by atoms with E-state index in [1.54, 1.807) is 24.3 Å². The van der Waals surface area contributed by atoms with E-state index in [2.05, 4.69) is 36.3 Å². The second-order valence-electron chi connectivity index (χ2n) is 12.8. The minimum Gasteiger partial charge on any atom is -0.490 e. The molecular weight excluding hydrogens is 705 g/mol. The third kappa shape index (κ3) is 6.18. The van der Waals surface area contributed by atoms with Crippen LogP contribution < -0.4 is 18.9 Å². The van der Waals surface area contributed by atoms with E-state index in [9.17, 15) is 0 Å². The van der Waals surface area contributed by atoms with Crippen molar-refractivity contribution in [2.45, 2.75) is 0 Å². The number of rotatable bonds is 12. The van der Waals surface area contributed by atoms with Crippen LogP contribution in [-0.2, 0) is 0 Å². The zero-order chi connectivity index (χ0) is 38.2. The molecule has 7 aromatic rings. The highest BCUT2D eigenvalue weighted by atomic mass is 16.5. The van der Waals surface area contributed by atoms with Gasteiger partial charge in [0.05, 0.1) is 0 Å². The molecule has 5 heterocycles. The van der Waals surface area contributed by atoms with Gasteiger partial charge >= 0.3 is 0 Å². The number of hydrogen-bond acceptors (Lipinski definition) is 10. The fourth-order valence-corrected chi connectivity index (χ4v) is 6.69. The van der Waals surface area contributed by atoms with E-state index in [0.29, 0.717) is 95.3 Å². The molecule has 0 radical (unpaired) electrons. The number of fused-ring (bicyclic) bond motifs is 20. The summed E-state index contributed by atoms with van der Waals surface area (Å²) in [5.41, 5.74) is 5.20. The molecule has 0 unspecified atom stereocenters. The lowest BCUT2D eigenvalue weighted by atomic mass is 10.1. The van der Waals surface area contributed by atoms with Crippen LogP contribution in [0.4, 0.5) is 0 Å². The lowest BCUT2D eigenvalue weighted by Crippen LogP contribution is -1.93. The molecule has 0 saturated heterocycles. The summed E-state index contributed by atoms with van der Waals surface area (Å²) in [7, 11) is 0. The Kier molecular flexibility index (Phi) is 8.75. The van der Waals surface area contributed by atoms with Gasteiger partial charge in [-0.3, -0.25) is 0 Å². The van der Waals surface area contributed by atoms with Crippen molar-refractivity contribution in [3.8, 4) is 68.5 Å². The summed E-state index contributed by atoms with van der Waals surface area (Å²) in [6, 6.07) is 23.0. The number of benzene rings is 4. The Hall–Kier alpha value is -7.60. The fourth-order valence-electron chi connectivity index (χ4n) is 6.69. The largest absolute Gasteiger partial charge is 0.490 e. The van der Waals surface area contributed by atoms with Crippen LogP contribution in [0.3, 0.4) is 0 Å². The summed E-state index contributed by atoms with van der Waals surface area (Å²) in [6.07, 6.45) is 6.80. The smallest absolute Gasteiger partial charge is 0.164 e. The topological polar surface area (TPSA) is 146 Å². The Balaban J connectivity index is 1.40. The van der Waals surface area contributed by atoms with Gasteiger partial charge in [-0.2, -0.15) is 0 Å². The van der Waals surface area contributed by atoms with Crippen molar-refractivity contribution >= 4 is 44.1 Å². The van der Waals surface area contributed by atoms with Crippen LogP contribution in [0.1, 0.15) is 0 Å². The predicted octanol–water partition coefficient (Wildman–Crippen LogP) is 9.13. The van der Waals surface area contributed by atoms with Gasteiger partial charge in [-0.1, -0.05) is 50.6 Å². The molecular formula is C44H34N8O4. The normalized spacial score (nSPS) is 11.4. The van der Waals surface area contributed by atoms with Gasteiger partial charge in [0, 0.05) is 43.8 Å². The molecule has 12 heteroatoms. The molecule has 274 valence electrons. The van der Waals surface area contributed by atoms with Crippen LogP contribution in [-0.4, -0.2) is 66.3 Å². The van der Waals surface area contributed by atoms with Gasteiger partial charge in [-0.15, -0.1) is 0 Å². The number of nitrogens with zero attached hydrogens (tertiary/aromatic N) is 6. The summed E-state index contributed by atoms with van der Waals surface area (Å²) >= 11 is 0.